The van der Waals surface area contributed by atoms with Gasteiger partial charge >= 0.3 is 12.0 Å². The number of ether oxygens (including phenoxy) is 3. The Labute approximate surface area is 161 Å². The van der Waals surface area contributed by atoms with E-state index >= 15 is 0 Å². The van der Waals surface area contributed by atoms with Gasteiger partial charge in [0.1, 0.15) is 0 Å². The summed E-state index contributed by atoms with van der Waals surface area (Å²) in [6.45, 7) is 6.69. The fraction of sp³-hybridized carbons (Fsp3) is 0.529. The van der Waals surface area contributed by atoms with Gasteiger partial charge in [-0.1, -0.05) is 0 Å². The molecule has 2 aliphatic heterocycles. The Morgan fingerprint density at radius 2 is 1.39 bits per heavy atom. The van der Waals surface area contributed by atoms with Crippen LogP contribution in [0.5, 0.6) is 6.01 Å². The molecule has 0 bridgehead atoms. The first-order valence-electron chi connectivity index (χ1n) is 9.11. The molecule has 0 aliphatic carbocycles. The molecule has 2 saturated heterocycles. The summed E-state index contributed by atoms with van der Waals surface area (Å²) in [6.07, 6.45) is 3.07. The van der Waals surface area contributed by atoms with Gasteiger partial charge in [0.05, 0.1) is 32.0 Å². The highest BCUT2D eigenvalue weighted by Gasteiger charge is 2.21. The van der Waals surface area contributed by atoms with Crippen molar-refractivity contribution in [2.75, 3.05) is 62.4 Å². The lowest BCUT2D eigenvalue weighted by atomic mass is 10.3. The molecule has 0 atom stereocenters. The lowest BCUT2D eigenvalue weighted by Gasteiger charge is -2.30. The highest BCUT2D eigenvalue weighted by molar-refractivity contribution is 5.68. The van der Waals surface area contributed by atoms with Gasteiger partial charge in [-0.2, -0.15) is 15.0 Å². The van der Waals surface area contributed by atoms with Crippen molar-refractivity contribution in [2.45, 2.75) is 6.92 Å². The third kappa shape index (κ3) is 4.31. The maximum absolute atomic E-state index is 11.0. The van der Waals surface area contributed by atoms with Gasteiger partial charge in [0.2, 0.25) is 11.9 Å². The third-order valence-electron chi connectivity index (χ3n) is 4.32. The number of esters is 1. The van der Waals surface area contributed by atoms with Gasteiger partial charge in [0.25, 0.3) is 0 Å². The van der Waals surface area contributed by atoms with Crippen LogP contribution in [0, 0.1) is 0 Å². The van der Waals surface area contributed by atoms with Gasteiger partial charge in [0, 0.05) is 45.5 Å². The van der Waals surface area contributed by atoms with E-state index in [1.165, 1.54) is 19.3 Å². The van der Waals surface area contributed by atoms with Crippen molar-refractivity contribution >= 4 is 17.9 Å². The van der Waals surface area contributed by atoms with E-state index in [9.17, 15) is 4.79 Å². The minimum atomic E-state index is -0.475. The van der Waals surface area contributed by atoms with Gasteiger partial charge < -0.3 is 24.0 Å². The molecule has 2 fully saturated rings. The molecule has 0 unspecified atom stereocenters. The molecule has 0 saturated carbocycles. The van der Waals surface area contributed by atoms with Gasteiger partial charge in [-0.25, -0.2) is 9.97 Å². The van der Waals surface area contributed by atoms with E-state index in [1.807, 2.05) is 0 Å². The molecule has 0 N–H and O–H groups in total. The van der Waals surface area contributed by atoms with Gasteiger partial charge in [-0.3, -0.25) is 4.79 Å². The predicted molar refractivity (Wildman–Crippen MR) is 98.2 cm³/mol. The molecule has 11 heteroatoms. The minimum absolute atomic E-state index is 0.00730. The maximum Gasteiger partial charge on any atom is 0.324 e. The van der Waals surface area contributed by atoms with E-state index in [4.69, 9.17) is 14.2 Å². The first-order chi connectivity index (χ1) is 13.7. The van der Waals surface area contributed by atoms with Crippen LogP contribution in [-0.2, 0) is 14.3 Å². The average molecular weight is 387 g/mol. The number of hydrogen-bond acceptors (Lipinski definition) is 11. The molecule has 148 valence electrons. The molecular formula is C17H21N7O4. The van der Waals surface area contributed by atoms with Crippen molar-refractivity contribution in [3.63, 3.8) is 0 Å². The minimum Gasteiger partial charge on any atom is -0.391 e. The molecular weight excluding hydrogens is 366 g/mol. The summed E-state index contributed by atoms with van der Waals surface area (Å²) < 4.78 is 15.7. The van der Waals surface area contributed by atoms with Crippen LogP contribution in [0.25, 0.3) is 11.4 Å². The van der Waals surface area contributed by atoms with E-state index in [0.29, 0.717) is 75.9 Å². The van der Waals surface area contributed by atoms with Crippen LogP contribution in [-0.4, -0.2) is 83.5 Å². The lowest BCUT2D eigenvalue weighted by molar-refractivity contribution is -0.132. The summed E-state index contributed by atoms with van der Waals surface area (Å²) in [5, 5.41) is 0. The van der Waals surface area contributed by atoms with E-state index in [2.05, 4.69) is 34.7 Å². The standard InChI is InChI=1S/C17H21N7O4/c1-12(25)28-17-18-10-13(11-19-17)14-20-15(23-2-6-26-7-3-23)22-16(21-14)24-4-8-27-9-5-24/h10-11H,2-9H2,1H3. The topological polar surface area (TPSA) is 116 Å². The van der Waals surface area contributed by atoms with E-state index in [-0.39, 0.29) is 6.01 Å². The first-order valence-corrected chi connectivity index (χ1v) is 9.11. The molecule has 28 heavy (non-hydrogen) atoms. The third-order valence-corrected chi connectivity index (χ3v) is 4.32. The van der Waals surface area contributed by atoms with Crippen LogP contribution < -0.4 is 14.5 Å². The fourth-order valence-corrected chi connectivity index (χ4v) is 2.91. The maximum atomic E-state index is 11.0. The van der Waals surface area contributed by atoms with Gasteiger partial charge in [-0.05, 0) is 0 Å². The summed E-state index contributed by atoms with van der Waals surface area (Å²) in [7, 11) is 0. The number of carbonyl (C=O) groups is 1. The van der Waals surface area contributed by atoms with Crippen molar-refractivity contribution in [2.24, 2.45) is 0 Å². The van der Waals surface area contributed by atoms with Gasteiger partial charge in [-0.15, -0.1) is 0 Å². The Bertz CT molecular complexity index is 785. The van der Waals surface area contributed by atoms with Crippen LogP contribution in [0.15, 0.2) is 12.4 Å². The zero-order chi connectivity index (χ0) is 19.3. The molecule has 4 rings (SSSR count). The molecule has 0 amide bonds. The quantitative estimate of drug-likeness (QED) is 0.656. The molecule has 0 aromatic carbocycles. The second-order valence-electron chi connectivity index (χ2n) is 6.31. The Morgan fingerprint density at radius 3 is 1.86 bits per heavy atom. The summed E-state index contributed by atoms with van der Waals surface area (Å²) >= 11 is 0. The fourth-order valence-electron chi connectivity index (χ4n) is 2.91. The SMILES string of the molecule is CC(=O)Oc1ncc(-c2nc(N3CCOCC3)nc(N3CCOCC3)n2)cn1. The van der Waals surface area contributed by atoms with E-state index in [0.717, 1.165) is 0 Å². The molecule has 0 spiro atoms. The number of carbonyl (C=O) groups excluding carboxylic acids is 1. The monoisotopic (exact) mass is 387 g/mol. The Morgan fingerprint density at radius 1 is 0.893 bits per heavy atom. The van der Waals surface area contributed by atoms with Crippen LogP contribution >= 0.6 is 0 Å². The molecule has 0 radical (unpaired) electrons. The Balaban J connectivity index is 1.67. The average Bonchev–Trinajstić information content (AvgIpc) is 2.75. The van der Waals surface area contributed by atoms with Crippen molar-refractivity contribution < 1.29 is 19.0 Å². The molecule has 2 aromatic rings. The molecule has 4 heterocycles. The molecule has 11 nitrogen and oxygen atoms in total. The zero-order valence-electron chi connectivity index (χ0n) is 15.6. The van der Waals surface area contributed by atoms with Crippen LogP contribution in [0.2, 0.25) is 0 Å². The second kappa shape index (κ2) is 8.40. The van der Waals surface area contributed by atoms with Crippen molar-refractivity contribution in [1.82, 2.24) is 24.9 Å². The number of aromatic nitrogens is 5. The Hall–Kier alpha value is -2.92. The predicted octanol–water partition coefficient (Wildman–Crippen LogP) is -0.0729. The van der Waals surface area contributed by atoms with Crippen LogP contribution in [0.1, 0.15) is 6.92 Å². The number of morpholine rings is 2. The Kier molecular flexibility index (Phi) is 5.53. The second-order valence-corrected chi connectivity index (χ2v) is 6.31. The van der Waals surface area contributed by atoms with Crippen LogP contribution in [0.4, 0.5) is 11.9 Å². The normalized spacial score (nSPS) is 17.5. The number of rotatable bonds is 4. The highest BCUT2D eigenvalue weighted by atomic mass is 16.5. The van der Waals surface area contributed by atoms with Crippen molar-refractivity contribution in [3.05, 3.63) is 12.4 Å². The van der Waals surface area contributed by atoms with Crippen molar-refractivity contribution in [3.8, 4) is 17.4 Å². The summed E-state index contributed by atoms with van der Waals surface area (Å²) in [4.78, 5) is 37.2. The molecule has 2 aromatic heterocycles. The summed E-state index contributed by atoms with van der Waals surface area (Å²) in [5.74, 6) is 1.18. The summed E-state index contributed by atoms with van der Waals surface area (Å²) in [5.41, 5.74) is 0.613. The van der Waals surface area contributed by atoms with E-state index < -0.39 is 5.97 Å². The smallest absolute Gasteiger partial charge is 0.324 e. The number of hydrogen-bond donors (Lipinski definition) is 0. The molecule has 2 aliphatic rings. The number of anilines is 2. The first kappa shape index (κ1) is 18.4. The van der Waals surface area contributed by atoms with Gasteiger partial charge in [0.15, 0.2) is 5.82 Å². The largest absolute Gasteiger partial charge is 0.391 e. The summed E-state index contributed by atoms with van der Waals surface area (Å²) in [6, 6.07) is -0.00730. The zero-order valence-corrected chi connectivity index (χ0v) is 15.6. The number of nitrogens with zero attached hydrogens (tertiary/aromatic N) is 7. The van der Waals surface area contributed by atoms with Crippen LogP contribution in [0.3, 0.4) is 0 Å². The van der Waals surface area contributed by atoms with E-state index in [1.54, 1.807) is 0 Å². The van der Waals surface area contributed by atoms with Crippen molar-refractivity contribution in [1.29, 1.82) is 0 Å². The highest BCUT2D eigenvalue weighted by Crippen LogP contribution is 2.22. The lowest BCUT2D eigenvalue weighted by Crippen LogP contribution is -2.40.